The van der Waals surface area contributed by atoms with Gasteiger partial charge in [0.2, 0.25) is 0 Å². The van der Waals surface area contributed by atoms with Crippen LogP contribution in [0.25, 0.3) is 0 Å². The van der Waals surface area contributed by atoms with Gasteiger partial charge in [-0.15, -0.1) is 0 Å². The lowest BCUT2D eigenvalue weighted by Gasteiger charge is -2.13. The summed E-state index contributed by atoms with van der Waals surface area (Å²) in [6, 6.07) is 2.57. The van der Waals surface area contributed by atoms with Crippen LogP contribution >= 0.6 is 11.6 Å². The first-order chi connectivity index (χ1) is 11.8. The second-order valence-electron chi connectivity index (χ2n) is 5.39. The average Bonchev–Trinajstić information content (AvgIpc) is 3.02. The molecule has 2 aromatic rings. The molecule has 1 atom stereocenters. The number of aryl methyl sites for hydroxylation is 1. The van der Waals surface area contributed by atoms with Gasteiger partial charge in [0.15, 0.2) is 0 Å². The predicted molar refractivity (Wildman–Crippen MR) is 85.5 cm³/mol. The number of anilines is 1. The monoisotopic (exact) mass is 371 g/mol. The summed E-state index contributed by atoms with van der Waals surface area (Å²) in [5.41, 5.74) is 0.467. The number of alkyl halides is 3. The Morgan fingerprint density at radius 2 is 2.16 bits per heavy atom. The minimum absolute atomic E-state index is 0.111. The van der Waals surface area contributed by atoms with Gasteiger partial charge < -0.3 is 10.2 Å². The Labute approximate surface area is 146 Å². The van der Waals surface area contributed by atoms with Crippen molar-refractivity contribution >= 4 is 23.1 Å². The van der Waals surface area contributed by atoms with E-state index in [-0.39, 0.29) is 23.5 Å². The molecule has 0 radical (unpaired) electrons. The fourth-order valence-corrected chi connectivity index (χ4v) is 2.47. The van der Waals surface area contributed by atoms with E-state index in [0.29, 0.717) is 23.7 Å². The molecule has 0 aromatic carbocycles. The van der Waals surface area contributed by atoms with Gasteiger partial charge in [-0.3, -0.25) is 0 Å². The predicted octanol–water partition coefficient (Wildman–Crippen LogP) is 3.46. The van der Waals surface area contributed by atoms with Crippen LogP contribution in [-0.4, -0.2) is 33.3 Å². The van der Waals surface area contributed by atoms with Gasteiger partial charge in [0.25, 0.3) is 0 Å². The molecule has 3 rings (SSSR count). The van der Waals surface area contributed by atoms with E-state index in [9.17, 15) is 13.2 Å². The molecule has 0 saturated carbocycles. The van der Waals surface area contributed by atoms with Gasteiger partial charge >= 0.3 is 6.18 Å². The van der Waals surface area contributed by atoms with Crippen molar-refractivity contribution in [3.05, 3.63) is 46.6 Å². The van der Waals surface area contributed by atoms with Crippen molar-refractivity contribution in [3.63, 3.8) is 0 Å². The Hall–Kier alpha value is -2.42. The minimum atomic E-state index is -4.48. The van der Waals surface area contributed by atoms with Crippen molar-refractivity contribution in [1.29, 1.82) is 0 Å². The van der Waals surface area contributed by atoms with Crippen LogP contribution in [0.5, 0.6) is 0 Å². The van der Waals surface area contributed by atoms with Gasteiger partial charge in [-0.2, -0.15) is 13.2 Å². The van der Waals surface area contributed by atoms with Crippen LogP contribution in [0, 0.1) is 6.92 Å². The minimum Gasteiger partial charge on any atom is -0.390 e. The standard InChI is InChI=1S/C15H13ClF3N5O/c1-8-20-3-2-12(23-8)13-5-10(25-24-13)7-22-14-11(16)4-9(6-21-14)15(17,18)19/h2-4,6,10H,5,7H2,1H3,(H,21,22)/t10-/m0/s1. The Morgan fingerprint density at radius 3 is 2.84 bits per heavy atom. The lowest BCUT2D eigenvalue weighted by atomic mass is 10.1. The topological polar surface area (TPSA) is 72.3 Å². The zero-order valence-electron chi connectivity index (χ0n) is 13.0. The Kier molecular flexibility index (Phi) is 4.76. The third kappa shape index (κ3) is 4.16. The largest absolute Gasteiger partial charge is 0.417 e. The molecule has 0 amide bonds. The number of hydrogen-bond acceptors (Lipinski definition) is 6. The molecule has 0 saturated heterocycles. The number of pyridine rings is 1. The number of rotatable bonds is 4. The summed E-state index contributed by atoms with van der Waals surface area (Å²) in [6.07, 6.45) is -1.91. The Morgan fingerprint density at radius 1 is 1.36 bits per heavy atom. The molecule has 0 bridgehead atoms. The van der Waals surface area contributed by atoms with Gasteiger partial charge in [0.05, 0.1) is 22.8 Å². The van der Waals surface area contributed by atoms with Gasteiger partial charge in [0, 0.05) is 18.8 Å². The fourth-order valence-electron chi connectivity index (χ4n) is 2.24. The van der Waals surface area contributed by atoms with E-state index in [1.165, 1.54) is 0 Å². The summed E-state index contributed by atoms with van der Waals surface area (Å²) in [4.78, 5) is 17.3. The maximum absolute atomic E-state index is 12.6. The molecule has 2 aromatic heterocycles. The molecule has 0 spiro atoms. The molecule has 132 valence electrons. The third-order valence-electron chi connectivity index (χ3n) is 3.47. The van der Waals surface area contributed by atoms with Crippen molar-refractivity contribution in [2.45, 2.75) is 25.6 Å². The number of oxime groups is 1. The van der Waals surface area contributed by atoms with E-state index in [0.717, 1.165) is 12.3 Å². The number of nitrogens with one attached hydrogen (secondary N) is 1. The first kappa shape index (κ1) is 17.4. The molecule has 6 nitrogen and oxygen atoms in total. The molecule has 25 heavy (non-hydrogen) atoms. The summed E-state index contributed by atoms with van der Waals surface area (Å²) in [5.74, 6) is 0.784. The Balaban J connectivity index is 1.59. The van der Waals surface area contributed by atoms with E-state index in [2.05, 4.69) is 25.4 Å². The number of halogens is 4. The molecule has 3 heterocycles. The van der Waals surface area contributed by atoms with Crippen molar-refractivity contribution in [3.8, 4) is 0 Å². The van der Waals surface area contributed by atoms with Crippen LogP contribution < -0.4 is 5.32 Å². The van der Waals surface area contributed by atoms with Crippen molar-refractivity contribution in [2.24, 2.45) is 5.16 Å². The molecule has 1 aliphatic rings. The highest BCUT2D eigenvalue weighted by atomic mass is 35.5. The zero-order chi connectivity index (χ0) is 18.0. The summed E-state index contributed by atoms with van der Waals surface area (Å²) in [5, 5.41) is 6.76. The normalized spacial score (nSPS) is 17.2. The molecule has 1 aliphatic heterocycles. The highest BCUT2D eigenvalue weighted by Gasteiger charge is 2.31. The Bertz CT molecular complexity index is 812. The molecular weight excluding hydrogens is 359 g/mol. The second kappa shape index (κ2) is 6.83. The molecular formula is C15H13ClF3N5O. The second-order valence-corrected chi connectivity index (χ2v) is 5.80. The van der Waals surface area contributed by atoms with Gasteiger partial charge in [-0.25, -0.2) is 15.0 Å². The molecule has 0 unspecified atom stereocenters. The maximum atomic E-state index is 12.6. The number of hydrogen-bond donors (Lipinski definition) is 1. The summed E-state index contributed by atoms with van der Waals surface area (Å²) in [7, 11) is 0. The highest BCUT2D eigenvalue weighted by molar-refractivity contribution is 6.32. The van der Waals surface area contributed by atoms with Crippen LogP contribution in [0.3, 0.4) is 0 Å². The molecule has 0 fully saturated rings. The molecule has 1 N–H and O–H groups in total. The van der Waals surface area contributed by atoms with Crippen LogP contribution in [0.4, 0.5) is 19.0 Å². The quantitative estimate of drug-likeness (QED) is 0.891. The van der Waals surface area contributed by atoms with E-state index in [1.807, 2.05) is 0 Å². The van der Waals surface area contributed by atoms with Crippen LogP contribution in [0.2, 0.25) is 5.02 Å². The smallest absolute Gasteiger partial charge is 0.390 e. The molecule has 10 heteroatoms. The van der Waals surface area contributed by atoms with Crippen LogP contribution in [0.15, 0.2) is 29.7 Å². The fraction of sp³-hybridized carbons (Fsp3) is 0.333. The van der Waals surface area contributed by atoms with Crippen molar-refractivity contribution < 1.29 is 18.0 Å². The summed E-state index contributed by atoms with van der Waals surface area (Å²) >= 11 is 5.85. The lowest BCUT2D eigenvalue weighted by molar-refractivity contribution is -0.137. The van der Waals surface area contributed by atoms with Crippen LogP contribution in [0.1, 0.15) is 23.5 Å². The van der Waals surface area contributed by atoms with Crippen molar-refractivity contribution in [2.75, 3.05) is 11.9 Å². The van der Waals surface area contributed by atoms with E-state index in [4.69, 9.17) is 16.4 Å². The highest BCUT2D eigenvalue weighted by Crippen LogP contribution is 2.32. The van der Waals surface area contributed by atoms with Crippen molar-refractivity contribution in [1.82, 2.24) is 15.0 Å². The summed E-state index contributed by atoms with van der Waals surface area (Å²) in [6.45, 7) is 2.06. The van der Waals surface area contributed by atoms with Gasteiger partial charge in [-0.1, -0.05) is 16.8 Å². The number of aromatic nitrogens is 3. The SMILES string of the molecule is Cc1nccc(C2=NO[C@H](CNc3ncc(C(F)(F)F)cc3Cl)C2)n1. The van der Waals surface area contributed by atoms with Crippen LogP contribution in [-0.2, 0) is 11.0 Å². The van der Waals surface area contributed by atoms with E-state index >= 15 is 0 Å². The van der Waals surface area contributed by atoms with Gasteiger partial charge in [-0.05, 0) is 19.1 Å². The first-order valence-corrected chi connectivity index (χ1v) is 7.70. The average molecular weight is 372 g/mol. The summed E-state index contributed by atoms with van der Waals surface area (Å²) < 4.78 is 37.8. The number of nitrogens with zero attached hydrogens (tertiary/aromatic N) is 4. The van der Waals surface area contributed by atoms with Gasteiger partial charge in [0.1, 0.15) is 23.5 Å². The lowest BCUT2D eigenvalue weighted by Crippen LogP contribution is -2.21. The third-order valence-corrected chi connectivity index (χ3v) is 3.76. The maximum Gasteiger partial charge on any atom is 0.417 e. The zero-order valence-corrected chi connectivity index (χ0v) is 13.8. The van der Waals surface area contributed by atoms with E-state index in [1.54, 1.807) is 19.2 Å². The first-order valence-electron chi connectivity index (χ1n) is 7.32. The molecule has 0 aliphatic carbocycles. The van der Waals surface area contributed by atoms with E-state index < -0.39 is 11.7 Å².